The number of rotatable bonds is 1. The lowest BCUT2D eigenvalue weighted by Crippen LogP contribution is -2.25. The van der Waals surface area contributed by atoms with E-state index >= 15 is 0 Å². The summed E-state index contributed by atoms with van der Waals surface area (Å²) in [6, 6.07) is 6.28. The predicted molar refractivity (Wildman–Crippen MR) is 103 cm³/mol. The lowest BCUT2D eigenvalue weighted by atomic mass is 10.0. The van der Waals surface area contributed by atoms with Crippen LogP contribution in [0.4, 0.5) is 11.5 Å². The van der Waals surface area contributed by atoms with E-state index in [1.807, 2.05) is 6.07 Å². The highest BCUT2D eigenvalue weighted by atomic mass is 35.5. The molecule has 0 spiro atoms. The smallest absolute Gasteiger partial charge is 0.140 e. The van der Waals surface area contributed by atoms with Crippen molar-refractivity contribution in [1.82, 2.24) is 14.9 Å². The molecule has 5 heteroatoms. The molecule has 0 amide bonds. The molecule has 132 valence electrons. The first-order chi connectivity index (χ1) is 12.1. The Morgan fingerprint density at radius 1 is 1.12 bits per heavy atom. The van der Waals surface area contributed by atoms with Crippen LogP contribution in [0.3, 0.4) is 0 Å². The van der Waals surface area contributed by atoms with Gasteiger partial charge in [0.2, 0.25) is 0 Å². The van der Waals surface area contributed by atoms with Gasteiger partial charge in [0.25, 0.3) is 0 Å². The number of hydrogen-bond acceptors (Lipinski definition) is 4. The molecule has 1 aliphatic carbocycles. The van der Waals surface area contributed by atoms with Crippen LogP contribution >= 0.6 is 11.6 Å². The van der Waals surface area contributed by atoms with Crippen molar-refractivity contribution in [2.75, 3.05) is 31.6 Å². The molecule has 25 heavy (non-hydrogen) atoms. The molecule has 2 heterocycles. The number of likely N-dealkylation sites (N-methyl/N-ethyl adjacent to an activating group) is 1. The van der Waals surface area contributed by atoms with Gasteiger partial charge in [-0.15, -0.1) is 0 Å². The van der Waals surface area contributed by atoms with Gasteiger partial charge >= 0.3 is 0 Å². The minimum Gasteiger partial charge on any atom is -0.326 e. The van der Waals surface area contributed by atoms with Crippen molar-refractivity contribution in [3.63, 3.8) is 0 Å². The average Bonchev–Trinajstić information content (AvgIpc) is 3.01. The van der Waals surface area contributed by atoms with E-state index in [0.29, 0.717) is 5.92 Å². The van der Waals surface area contributed by atoms with Gasteiger partial charge in [0, 0.05) is 35.1 Å². The van der Waals surface area contributed by atoms with E-state index in [-0.39, 0.29) is 0 Å². The molecule has 1 aromatic heterocycles. The summed E-state index contributed by atoms with van der Waals surface area (Å²) in [4.78, 5) is 14.1. The van der Waals surface area contributed by atoms with Crippen molar-refractivity contribution >= 4 is 23.1 Å². The van der Waals surface area contributed by atoms with Crippen LogP contribution in [0.2, 0.25) is 5.02 Å². The quantitative estimate of drug-likeness (QED) is 0.766. The summed E-state index contributed by atoms with van der Waals surface area (Å²) in [6.07, 6.45) is 6.10. The van der Waals surface area contributed by atoms with E-state index < -0.39 is 0 Å². The number of aryl methyl sites for hydroxylation is 1. The fourth-order valence-corrected chi connectivity index (χ4v) is 4.31. The molecule has 0 radical (unpaired) electrons. The molecule has 2 aromatic rings. The number of benzene rings is 1. The molecule has 1 atom stereocenters. The topological polar surface area (TPSA) is 32.3 Å². The number of hydrogen-bond donors (Lipinski definition) is 0. The first kappa shape index (κ1) is 16.8. The highest BCUT2D eigenvalue weighted by Gasteiger charge is 2.28. The fourth-order valence-electron chi connectivity index (χ4n) is 4.12. The number of halogens is 1. The second-order valence-electron chi connectivity index (χ2n) is 7.33. The van der Waals surface area contributed by atoms with Crippen molar-refractivity contribution in [2.24, 2.45) is 0 Å². The van der Waals surface area contributed by atoms with Gasteiger partial charge < -0.3 is 9.80 Å². The Labute approximate surface area is 154 Å². The van der Waals surface area contributed by atoms with Crippen molar-refractivity contribution in [3.8, 4) is 0 Å². The number of fused-ring (bicyclic) bond motifs is 2. The molecular formula is C20H25ClN4. The Morgan fingerprint density at radius 3 is 2.88 bits per heavy atom. The van der Waals surface area contributed by atoms with Gasteiger partial charge in [-0.25, -0.2) is 9.97 Å². The molecule has 0 bridgehead atoms. The molecule has 1 aromatic carbocycles. The maximum atomic E-state index is 6.30. The highest BCUT2D eigenvalue weighted by molar-refractivity contribution is 6.30. The zero-order valence-electron chi connectivity index (χ0n) is 15.0. The van der Waals surface area contributed by atoms with Gasteiger partial charge in [0.15, 0.2) is 0 Å². The van der Waals surface area contributed by atoms with Gasteiger partial charge in [-0.1, -0.05) is 18.5 Å². The molecule has 0 fully saturated rings. The third kappa shape index (κ3) is 3.25. The van der Waals surface area contributed by atoms with E-state index in [4.69, 9.17) is 16.6 Å². The lowest BCUT2D eigenvalue weighted by molar-refractivity contribution is 0.338. The largest absolute Gasteiger partial charge is 0.326 e. The Hall–Kier alpha value is -1.65. The molecule has 0 saturated carbocycles. The van der Waals surface area contributed by atoms with Crippen molar-refractivity contribution < 1.29 is 0 Å². The van der Waals surface area contributed by atoms with E-state index in [1.54, 1.807) is 6.33 Å². The van der Waals surface area contributed by atoms with Crippen LogP contribution in [-0.2, 0) is 12.8 Å². The number of anilines is 2. The average molecular weight is 357 g/mol. The summed E-state index contributed by atoms with van der Waals surface area (Å²) in [7, 11) is 2.20. The monoisotopic (exact) mass is 356 g/mol. The van der Waals surface area contributed by atoms with E-state index in [9.17, 15) is 0 Å². The second-order valence-corrected chi connectivity index (χ2v) is 7.77. The van der Waals surface area contributed by atoms with Crippen LogP contribution in [0.15, 0.2) is 24.5 Å². The Kier molecular flexibility index (Phi) is 4.65. The van der Waals surface area contributed by atoms with Gasteiger partial charge in [0.05, 0.1) is 0 Å². The molecular weight excluding hydrogens is 332 g/mol. The number of nitrogens with zero attached hydrogens (tertiary/aromatic N) is 4. The zero-order chi connectivity index (χ0) is 17.4. The summed E-state index contributed by atoms with van der Waals surface area (Å²) < 4.78 is 0. The minimum absolute atomic E-state index is 0.525. The summed E-state index contributed by atoms with van der Waals surface area (Å²) in [5, 5.41) is 0.807. The summed E-state index contributed by atoms with van der Waals surface area (Å²) in [6.45, 7) is 5.42. The standard InChI is InChI=1S/C20H25ClN4/c1-14-4-6-17-19(14)20(23-13-22-17)25-10-3-9-24(2)11-8-15-12-16(21)5-7-18(15)25/h5,7,12-14H,3-4,6,8-11H2,1-2H3/t14-/m1/s1. The van der Waals surface area contributed by atoms with Crippen LogP contribution < -0.4 is 4.90 Å². The van der Waals surface area contributed by atoms with Gasteiger partial charge in [0.1, 0.15) is 12.1 Å². The normalized spacial score (nSPS) is 21.2. The molecule has 4 nitrogen and oxygen atoms in total. The second kappa shape index (κ2) is 6.93. The SMILES string of the molecule is C[C@@H]1CCc2ncnc(N3CCCN(C)CCc4cc(Cl)ccc43)c21. The van der Waals surface area contributed by atoms with Crippen LogP contribution in [0.1, 0.15) is 42.5 Å². The van der Waals surface area contributed by atoms with Gasteiger partial charge in [-0.2, -0.15) is 0 Å². The maximum Gasteiger partial charge on any atom is 0.140 e. The first-order valence-electron chi connectivity index (χ1n) is 9.22. The molecule has 4 rings (SSSR count). The zero-order valence-corrected chi connectivity index (χ0v) is 15.8. The first-order valence-corrected chi connectivity index (χ1v) is 9.59. The van der Waals surface area contributed by atoms with E-state index in [0.717, 1.165) is 49.7 Å². The highest BCUT2D eigenvalue weighted by Crippen LogP contribution is 2.40. The summed E-state index contributed by atoms with van der Waals surface area (Å²) in [5.41, 5.74) is 5.12. The fraction of sp³-hybridized carbons (Fsp3) is 0.500. The van der Waals surface area contributed by atoms with Gasteiger partial charge in [-0.05, 0) is 69.0 Å². The molecule has 1 aliphatic heterocycles. The predicted octanol–water partition coefficient (Wildman–Crippen LogP) is 4.20. The number of aromatic nitrogens is 2. The van der Waals surface area contributed by atoms with Crippen molar-refractivity contribution in [1.29, 1.82) is 0 Å². The van der Waals surface area contributed by atoms with Crippen molar-refractivity contribution in [2.45, 2.75) is 38.5 Å². The minimum atomic E-state index is 0.525. The Balaban J connectivity index is 1.83. The summed E-state index contributed by atoms with van der Waals surface area (Å²) in [5.74, 6) is 1.63. The third-order valence-electron chi connectivity index (χ3n) is 5.52. The Morgan fingerprint density at radius 2 is 2.00 bits per heavy atom. The van der Waals surface area contributed by atoms with Crippen molar-refractivity contribution in [3.05, 3.63) is 46.4 Å². The van der Waals surface area contributed by atoms with E-state index in [2.05, 4.69) is 40.9 Å². The Bertz CT molecular complexity index is 776. The van der Waals surface area contributed by atoms with E-state index in [1.165, 1.54) is 28.9 Å². The van der Waals surface area contributed by atoms with Gasteiger partial charge in [-0.3, -0.25) is 0 Å². The van der Waals surface area contributed by atoms with Crippen LogP contribution in [0.25, 0.3) is 0 Å². The third-order valence-corrected chi connectivity index (χ3v) is 5.76. The molecule has 2 aliphatic rings. The molecule has 0 saturated heterocycles. The lowest BCUT2D eigenvalue weighted by Gasteiger charge is -2.28. The molecule has 0 unspecified atom stereocenters. The summed E-state index contributed by atoms with van der Waals surface area (Å²) >= 11 is 6.30. The molecule has 0 N–H and O–H groups in total. The van der Waals surface area contributed by atoms with Crippen LogP contribution in [0.5, 0.6) is 0 Å². The van der Waals surface area contributed by atoms with Crippen LogP contribution in [-0.4, -0.2) is 41.5 Å². The maximum absolute atomic E-state index is 6.30. The van der Waals surface area contributed by atoms with Crippen LogP contribution in [0, 0.1) is 0 Å².